The van der Waals surface area contributed by atoms with Gasteiger partial charge in [0, 0.05) is 5.69 Å². The van der Waals surface area contributed by atoms with Crippen LogP contribution in [0.2, 0.25) is 0 Å². The summed E-state index contributed by atoms with van der Waals surface area (Å²) < 4.78 is 0. The second-order valence-corrected chi connectivity index (χ2v) is 5.08. The van der Waals surface area contributed by atoms with E-state index in [1.54, 1.807) is 0 Å². The monoisotopic (exact) mass is 264 g/mol. The minimum Gasteiger partial charge on any atom is -0.376 e. The molecule has 0 saturated heterocycles. The standard InChI is InChI=1S/C15H24N2S/c1-3-5-8-12-9-7-11-14(17-15(16)18)13(12)10-6-4-2/h7,9,11H,3-6,8,10H2,1-2H3,(H3,16,17,18). The van der Waals surface area contributed by atoms with Crippen LogP contribution in [0.5, 0.6) is 0 Å². The van der Waals surface area contributed by atoms with E-state index in [2.05, 4.69) is 37.4 Å². The third-order valence-electron chi connectivity index (χ3n) is 3.11. The molecule has 0 bridgehead atoms. The van der Waals surface area contributed by atoms with Crippen molar-refractivity contribution < 1.29 is 0 Å². The van der Waals surface area contributed by atoms with E-state index in [4.69, 9.17) is 18.0 Å². The summed E-state index contributed by atoms with van der Waals surface area (Å²) in [6, 6.07) is 6.38. The lowest BCUT2D eigenvalue weighted by atomic mass is 9.96. The fourth-order valence-corrected chi connectivity index (χ4v) is 2.24. The summed E-state index contributed by atoms with van der Waals surface area (Å²) in [5.74, 6) is 0. The summed E-state index contributed by atoms with van der Waals surface area (Å²) in [6.07, 6.45) is 7.10. The van der Waals surface area contributed by atoms with Gasteiger partial charge in [0.25, 0.3) is 0 Å². The number of hydrogen-bond donors (Lipinski definition) is 2. The second-order valence-electron chi connectivity index (χ2n) is 4.64. The predicted octanol–water partition coefficient (Wildman–Crippen LogP) is 4.03. The molecular formula is C15H24N2S. The van der Waals surface area contributed by atoms with Gasteiger partial charge in [0.2, 0.25) is 0 Å². The highest BCUT2D eigenvalue weighted by atomic mass is 32.1. The number of rotatable bonds is 7. The summed E-state index contributed by atoms with van der Waals surface area (Å²) in [4.78, 5) is 0. The summed E-state index contributed by atoms with van der Waals surface area (Å²) in [6.45, 7) is 4.44. The molecule has 0 aromatic heterocycles. The van der Waals surface area contributed by atoms with E-state index in [1.807, 2.05) is 0 Å². The van der Waals surface area contributed by atoms with Gasteiger partial charge in [0.15, 0.2) is 5.11 Å². The van der Waals surface area contributed by atoms with Gasteiger partial charge in [-0.15, -0.1) is 0 Å². The molecule has 0 heterocycles. The Hall–Kier alpha value is -1.09. The van der Waals surface area contributed by atoms with Gasteiger partial charge in [-0.05, 0) is 55.1 Å². The van der Waals surface area contributed by atoms with Crippen LogP contribution in [-0.2, 0) is 12.8 Å². The topological polar surface area (TPSA) is 38.0 Å². The first-order chi connectivity index (χ1) is 8.69. The van der Waals surface area contributed by atoms with E-state index >= 15 is 0 Å². The van der Waals surface area contributed by atoms with Crippen molar-refractivity contribution in [3.8, 4) is 0 Å². The SMILES string of the molecule is CCCCc1cccc(NC(N)=S)c1CCCC. The van der Waals surface area contributed by atoms with Crippen molar-refractivity contribution in [2.45, 2.75) is 52.4 Å². The van der Waals surface area contributed by atoms with Gasteiger partial charge in [-0.2, -0.15) is 0 Å². The van der Waals surface area contributed by atoms with Gasteiger partial charge in [0.1, 0.15) is 0 Å². The van der Waals surface area contributed by atoms with Crippen molar-refractivity contribution in [3.05, 3.63) is 29.3 Å². The van der Waals surface area contributed by atoms with Crippen LogP contribution < -0.4 is 11.1 Å². The van der Waals surface area contributed by atoms with Gasteiger partial charge in [-0.25, -0.2) is 0 Å². The third kappa shape index (κ3) is 4.65. The van der Waals surface area contributed by atoms with Crippen LogP contribution in [-0.4, -0.2) is 5.11 Å². The lowest BCUT2D eigenvalue weighted by molar-refractivity contribution is 0.759. The molecule has 0 aliphatic heterocycles. The van der Waals surface area contributed by atoms with Crippen molar-refractivity contribution in [3.63, 3.8) is 0 Å². The van der Waals surface area contributed by atoms with E-state index < -0.39 is 0 Å². The molecule has 0 spiro atoms. The smallest absolute Gasteiger partial charge is 0.168 e. The fourth-order valence-electron chi connectivity index (χ4n) is 2.13. The van der Waals surface area contributed by atoms with Crippen LogP contribution in [0.3, 0.4) is 0 Å². The molecule has 0 aliphatic carbocycles. The van der Waals surface area contributed by atoms with Crippen LogP contribution >= 0.6 is 12.2 Å². The molecule has 0 amide bonds. The van der Waals surface area contributed by atoms with Crippen LogP contribution in [0.15, 0.2) is 18.2 Å². The molecule has 0 aliphatic rings. The largest absolute Gasteiger partial charge is 0.376 e. The molecule has 18 heavy (non-hydrogen) atoms. The summed E-state index contributed by atoms with van der Waals surface area (Å²) in [5, 5.41) is 3.46. The Morgan fingerprint density at radius 2 is 1.83 bits per heavy atom. The van der Waals surface area contributed by atoms with Crippen molar-refractivity contribution in [2.75, 3.05) is 5.32 Å². The summed E-state index contributed by atoms with van der Waals surface area (Å²) in [7, 11) is 0. The highest BCUT2D eigenvalue weighted by Crippen LogP contribution is 2.24. The molecule has 1 rings (SSSR count). The normalized spacial score (nSPS) is 10.3. The molecule has 3 N–H and O–H groups in total. The molecule has 100 valence electrons. The Morgan fingerprint density at radius 1 is 1.17 bits per heavy atom. The number of anilines is 1. The maximum atomic E-state index is 5.59. The quantitative estimate of drug-likeness (QED) is 0.730. The van der Waals surface area contributed by atoms with Crippen molar-refractivity contribution in [1.82, 2.24) is 0 Å². The number of nitrogens with one attached hydrogen (secondary N) is 1. The molecule has 3 heteroatoms. The van der Waals surface area contributed by atoms with Gasteiger partial charge < -0.3 is 11.1 Å². The fraction of sp³-hybridized carbons (Fsp3) is 0.533. The number of benzene rings is 1. The zero-order valence-corrected chi connectivity index (χ0v) is 12.3. The van der Waals surface area contributed by atoms with Gasteiger partial charge in [0.05, 0.1) is 0 Å². The highest BCUT2D eigenvalue weighted by Gasteiger charge is 2.08. The molecular weight excluding hydrogens is 240 g/mol. The third-order valence-corrected chi connectivity index (χ3v) is 3.21. The molecule has 0 unspecified atom stereocenters. The zero-order chi connectivity index (χ0) is 13.4. The predicted molar refractivity (Wildman–Crippen MR) is 84.1 cm³/mol. The zero-order valence-electron chi connectivity index (χ0n) is 11.5. The lowest BCUT2D eigenvalue weighted by Crippen LogP contribution is -2.20. The maximum absolute atomic E-state index is 5.59. The number of unbranched alkanes of at least 4 members (excludes halogenated alkanes) is 2. The van der Waals surface area contributed by atoms with Gasteiger partial charge in [-0.3, -0.25) is 0 Å². The molecule has 0 radical (unpaired) electrons. The number of thiocarbonyl (C=S) groups is 1. The van der Waals surface area contributed by atoms with Crippen LogP contribution in [0.25, 0.3) is 0 Å². The van der Waals surface area contributed by atoms with Crippen LogP contribution in [0.4, 0.5) is 5.69 Å². The van der Waals surface area contributed by atoms with E-state index in [0.29, 0.717) is 5.11 Å². The van der Waals surface area contributed by atoms with E-state index in [9.17, 15) is 0 Å². The van der Waals surface area contributed by atoms with Crippen molar-refractivity contribution in [1.29, 1.82) is 0 Å². The Bertz CT molecular complexity index is 388. The summed E-state index contributed by atoms with van der Waals surface area (Å²) in [5.41, 5.74) is 9.51. The van der Waals surface area contributed by atoms with E-state index in [1.165, 1.54) is 36.8 Å². The molecule has 0 atom stereocenters. The Labute approximate surface area is 116 Å². The average Bonchev–Trinajstić information content (AvgIpc) is 2.34. The van der Waals surface area contributed by atoms with E-state index in [0.717, 1.165) is 18.5 Å². The van der Waals surface area contributed by atoms with Gasteiger partial charge in [-0.1, -0.05) is 38.8 Å². The maximum Gasteiger partial charge on any atom is 0.168 e. The Morgan fingerprint density at radius 3 is 2.44 bits per heavy atom. The molecule has 0 fully saturated rings. The second kappa shape index (κ2) is 8.09. The van der Waals surface area contributed by atoms with Crippen molar-refractivity contribution in [2.24, 2.45) is 5.73 Å². The first kappa shape index (κ1) is 15.0. The minimum absolute atomic E-state index is 0.348. The molecule has 1 aromatic rings. The lowest BCUT2D eigenvalue weighted by Gasteiger charge is -2.15. The summed E-state index contributed by atoms with van der Waals surface area (Å²) >= 11 is 4.95. The number of nitrogens with two attached hydrogens (primary N) is 1. The number of aryl methyl sites for hydroxylation is 1. The average molecular weight is 264 g/mol. The van der Waals surface area contributed by atoms with Gasteiger partial charge >= 0.3 is 0 Å². The minimum atomic E-state index is 0.348. The molecule has 1 aromatic carbocycles. The molecule has 2 nitrogen and oxygen atoms in total. The van der Waals surface area contributed by atoms with Crippen molar-refractivity contribution >= 4 is 23.0 Å². The van der Waals surface area contributed by atoms with E-state index in [-0.39, 0.29) is 0 Å². The van der Waals surface area contributed by atoms with Crippen LogP contribution in [0, 0.1) is 0 Å². The molecule has 0 saturated carbocycles. The first-order valence-electron chi connectivity index (χ1n) is 6.86. The highest BCUT2D eigenvalue weighted by molar-refractivity contribution is 7.80. The number of hydrogen-bond acceptors (Lipinski definition) is 1. The van der Waals surface area contributed by atoms with Crippen LogP contribution in [0.1, 0.15) is 50.7 Å². The Balaban J connectivity index is 2.95. The Kier molecular flexibility index (Phi) is 6.73. The first-order valence-corrected chi connectivity index (χ1v) is 7.27.